The number of hydrogen-bond donors (Lipinski definition) is 3. The van der Waals surface area contributed by atoms with Crippen LogP contribution in [0.4, 0.5) is 0 Å². The third kappa shape index (κ3) is 8.03. The highest BCUT2D eigenvalue weighted by molar-refractivity contribution is 5.89. The summed E-state index contributed by atoms with van der Waals surface area (Å²) in [5, 5.41) is 32.0. The molecule has 0 heterocycles. The van der Waals surface area contributed by atoms with Gasteiger partial charge >= 0.3 is 5.97 Å². The number of esters is 1. The minimum atomic E-state index is -1.33. The summed E-state index contributed by atoms with van der Waals surface area (Å²) < 4.78 is 4.63. The number of hydrogen-bond acceptors (Lipinski definition) is 6. The summed E-state index contributed by atoms with van der Waals surface area (Å²) in [7, 11) is 1.38. The molecule has 1 rings (SSSR count). The van der Waals surface area contributed by atoms with Crippen LogP contribution in [-0.2, 0) is 14.3 Å². The van der Waals surface area contributed by atoms with Crippen molar-refractivity contribution in [3.8, 4) is 0 Å². The second-order valence-corrected chi connectivity index (χ2v) is 9.01. The number of ketones is 1. The van der Waals surface area contributed by atoms with Gasteiger partial charge in [0.05, 0.1) is 18.1 Å². The van der Waals surface area contributed by atoms with Crippen LogP contribution in [0, 0.1) is 5.41 Å². The molecule has 1 aliphatic rings. The average Bonchev–Trinajstić information content (AvgIpc) is 3.09. The van der Waals surface area contributed by atoms with Crippen LogP contribution in [0.5, 0.6) is 0 Å². The number of carbonyl (C=O) groups excluding carboxylic acids is 2. The molecule has 0 bridgehead atoms. The highest BCUT2D eigenvalue weighted by Crippen LogP contribution is 2.45. The second kappa shape index (κ2) is 13.1. The molecule has 174 valence electrons. The van der Waals surface area contributed by atoms with Gasteiger partial charge in [0, 0.05) is 12.8 Å². The molecule has 0 aromatic rings. The first kappa shape index (κ1) is 26.6. The quantitative estimate of drug-likeness (QED) is 0.198. The molecule has 0 aromatic carbocycles. The SMILES string of the molecule is CCCCCCC(C)(O)[C@@H](O)/C=C(/O)[C@@]1(CCCCCCC(=O)OC)CCCC1=O. The largest absolute Gasteiger partial charge is 0.511 e. The fourth-order valence-corrected chi connectivity index (χ4v) is 4.29. The van der Waals surface area contributed by atoms with E-state index < -0.39 is 17.1 Å². The Balaban J connectivity index is 2.67. The summed E-state index contributed by atoms with van der Waals surface area (Å²) in [6, 6.07) is 0. The summed E-state index contributed by atoms with van der Waals surface area (Å²) in [6.07, 6.45) is 10.4. The smallest absolute Gasteiger partial charge is 0.305 e. The van der Waals surface area contributed by atoms with Gasteiger partial charge in [0.1, 0.15) is 17.6 Å². The Labute approximate surface area is 181 Å². The molecule has 1 aliphatic carbocycles. The van der Waals surface area contributed by atoms with E-state index in [1.54, 1.807) is 6.92 Å². The van der Waals surface area contributed by atoms with Crippen molar-refractivity contribution in [3.05, 3.63) is 11.8 Å². The fraction of sp³-hybridized carbons (Fsp3) is 0.833. The first-order valence-electron chi connectivity index (χ1n) is 11.6. The topological polar surface area (TPSA) is 104 Å². The number of unbranched alkanes of at least 4 members (excludes halogenated alkanes) is 6. The van der Waals surface area contributed by atoms with Gasteiger partial charge in [0.2, 0.25) is 0 Å². The molecule has 0 amide bonds. The molecule has 1 fully saturated rings. The maximum absolute atomic E-state index is 12.7. The lowest BCUT2D eigenvalue weighted by Crippen LogP contribution is -2.39. The number of allylic oxidation sites excluding steroid dienone is 1. The zero-order chi connectivity index (χ0) is 22.6. The zero-order valence-corrected chi connectivity index (χ0v) is 19.1. The van der Waals surface area contributed by atoms with E-state index in [-0.39, 0.29) is 17.5 Å². The van der Waals surface area contributed by atoms with Gasteiger partial charge in [0.25, 0.3) is 0 Å². The van der Waals surface area contributed by atoms with Gasteiger partial charge in [0.15, 0.2) is 0 Å². The summed E-state index contributed by atoms with van der Waals surface area (Å²) in [6.45, 7) is 3.70. The van der Waals surface area contributed by atoms with Crippen molar-refractivity contribution in [3.63, 3.8) is 0 Å². The van der Waals surface area contributed by atoms with Crippen LogP contribution < -0.4 is 0 Å². The van der Waals surface area contributed by atoms with Gasteiger partial charge in [-0.3, -0.25) is 9.59 Å². The van der Waals surface area contributed by atoms with Crippen molar-refractivity contribution in [1.29, 1.82) is 0 Å². The molecule has 0 saturated heterocycles. The predicted octanol–water partition coefficient (Wildman–Crippen LogP) is 4.76. The fourth-order valence-electron chi connectivity index (χ4n) is 4.29. The van der Waals surface area contributed by atoms with Gasteiger partial charge in [-0.2, -0.15) is 0 Å². The van der Waals surface area contributed by atoms with Crippen LogP contribution >= 0.6 is 0 Å². The molecular weight excluding hydrogens is 384 g/mol. The summed E-state index contributed by atoms with van der Waals surface area (Å²) in [5.74, 6) is -0.296. The second-order valence-electron chi connectivity index (χ2n) is 9.01. The number of rotatable bonds is 15. The number of ether oxygens (including phenoxy) is 1. The molecule has 6 heteroatoms. The maximum Gasteiger partial charge on any atom is 0.305 e. The van der Waals surface area contributed by atoms with Gasteiger partial charge < -0.3 is 20.1 Å². The van der Waals surface area contributed by atoms with E-state index in [2.05, 4.69) is 11.7 Å². The van der Waals surface area contributed by atoms with Crippen molar-refractivity contribution in [2.24, 2.45) is 5.41 Å². The molecule has 1 saturated carbocycles. The number of methoxy groups -OCH3 is 1. The van der Waals surface area contributed by atoms with Gasteiger partial charge in [-0.25, -0.2) is 0 Å². The van der Waals surface area contributed by atoms with Gasteiger partial charge in [-0.05, 0) is 45.1 Å². The van der Waals surface area contributed by atoms with Crippen LogP contribution in [0.2, 0.25) is 0 Å². The van der Waals surface area contributed by atoms with Crippen molar-refractivity contribution >= 4 is 11.8 Å². The Morgan fingerprint density at radius 1 is 1.20 bits per heavy atom. The van der Waals surface area contributed by atoms with E-state index in [0.717, 1.165) is 57.8 Å². The lowest BCUT2D eigenvalue weighted by Gasteiger charge is -2.31. The third-order valence-electron chi connectivity index (χ3n) is 6.48. The first-order chi connectivity index (χ1) is 14.2. The van der Waals surface area contributed by atoms with Gasteiger partial charge in [-0.15, -0.1) is 0 Å². The van der Waals surface area contributed by atoms with Crippen molar-refractivity contribution < 1.29 is 29.6 Å². The number of carbonyl (C=O) groups is 2. The lowest BCUT2D eigenvalue weighted by atomic mass is 9.77. The molecule has 0 spiro atoms. The van der Waals surface area contributed by atoms with Crippen LogP contribution in [0.15, 0.2) is 11.8 Å². The summed E-state index contributed by atoms with van der Waals surface area (Å²) in [5.41, 5.74) is -2.28. The van der Waals surface area contributed by atoms with E-state index in [0.29, 0.717) is 32.1 Å². The van der Waals surface area contributed by atoms with Crippen molar-refractivity contribution in [2.75, 3.05) is 7.11 Å². The van der Waals surface area contributed by atoms with Crippen LogP contribution in [0.1, 0.15) is 104 Å². The number of Topliss-reactive ketones (excluding diaryl/α,β-unsaturated/α-hetero) is 1. The Hall–Kier alpha value is -1.40. The highest BCUT2D eigenvalue weighted by Gasteiger charge is 2.45. The highest BCUT2D eigenvalue weighted by atomic mass is 16.5. The number of aliphatic hydroxyl groups excluding tert-OH is 2. The summed E-state index contributed by atoms with van der Waals surface area (Å²) in [4.78, 5) is 23.8. The van der Waals surface area contributed by atoms with Crippen molar-refractivity contribution in [2.45, 2.75) is 115 Å². The first-order valence-corrected chi connectivity index (χ1v) is 11.6. The molecule has 3 atom stereocenters. The minimum absolute atomic E-state index is 0.0144. The Morgan fingerprint density at radius 2 is 1.87 bits per heavy atom. The van der Waals surface area contributed by atoms with E-state index in [1.807, 2.05) is 0 Å². The van der Waals surface area contributed by atoms with E-state index in [1.165, 1.54) is 13.2 Å². The standard InChI is InChI=1S/C24H42O6/c1-4-5-6-10-15-23(2,29)20(26)18-21(27)24(17-12-13-19(24)25)16-11-8-7-9-14-22(28)30-3/h18,20,26-27,29H,4-17H2,1-3H3/b21-18+/t20-,23?,24-/m0/s1. The van der Waals surface area contributed by atoms with Crippen LogP contribution in [0.3, 0.4) is 0 Å². The normalized spacial score (nSPS) is 22.7. The molecule has 0 aliphatic heterocycles. The predicted molar refractivity (Wildman–Crippen MR) is 117 cm³/mol. The minimum Gasteiger partial charge on any atom is -0.511 e. The molecule has 0 radical (unpaired) electrons. The van der Waals surface area contributed by atoms with E-state index in [4.69, 9.17) is 0 Å². The Bertz CT molecular complexity index is 568. The summed E-state index contributed by atoms with van der Waals surface area (Å²) >= 11 is 0. The Morgan fingerprint density at radius 3 is 2.47 bits per heavy atom. The van der Waals surface area contributed by atoms with Crippen LogP contribution in [0.25, 0.3) is 0 Å². The van der Waals surface area contributed by atoms with E-state index >= 15 is 0 Å². The molecule has 3 N–H and O–H groups in total. The Kier molecular flexibility index (Phi) is 11.6. The molecule has 1 unspecified atom stereocenters. The maximum atomic E-state index is 12.7. The third-order valence-corrected chi connectivity index (χ3v) is 6.48. The lowest BCUT2D eigenvalue weighted by molar-refractivity contribution is -0.140. The number of aliphatic hydroxyl groups is 3. The molecular formula is C24H42O6. The monoisotopic (exact) mass is 426 g/mol. The molecule has 0 aromatic heterocycles. The van der Waals surface area contributed by atoms with Gasteiger partial charge in [-0.1, -0.05) is 51.9 Å². The molecule has 30 heavy (non-hydrogen) atoms. The molecule has 6 nitrogen and oxygen atoms in total. The average molecular weight is 427 g/mol. The van der Waals surface area contributed by atoms with E-state index in [9.17, 15) is 24.9 Å². The van der Waals surface area contributed by atoms with Crippen molar-refractivity contribution in [1.82, 2.24) is 0 Å². The van der Waals surface area contributed by atoms with Crippen LogP contribution in [-0.4, -0.2) is 45.9 Å². The zero-order valence-electron chi connectivity index (χ0n) is 19.1.